The van der Waals surface area contributed by atoms with Crippen LogP contribution in [-0.4, -0.2) is 89.2 Å². The molecule has 12 nitrogen and oxygen atoms in total. The summed E-state index contributed by atoms with van der Waals surface area (Å²) in [5.41, 5.74) is 0. The SMILES string of the molecule is CCC/C=C\C/C=C\CCCCCCCC(=O)OC(COC(=O)CCCCCCC/C=C\C/C=C\CCCCC)COC1OC(C(=O)O)C(O)C(O)C1OC(=O)CCCCCCC/C=C\C/C=C\CCCCC. The lowest BCUT2D eigenvalue weighted by molar-refractivity contribution is -0.301. The van der Waals surface area contributed by atoms with Crippen molar-refractivity contribution in [2.75, 3.05) is 13.2 Å². The number of ether oxygens (including phenoxy) is 5. The minimum Gasteiger partial charge on any atom is -0.479 e. The molecule has 0 amide bonds. The van der Waals surface area contributed by atoms with Gasteiger partial charge in [-0.15, -0.1) is 0 Å². The summed E-state index contributed by atoms with van der Waals surface area (Å²) in [6, 6.07) is 0. The van der Waals surface area contributed by atoms with E-state index in [0.29, 0.717) is 19.3 Å². The smallest absolute Gasteiger partial charge is 0.335 e. The van der Waals surface area contributed by atoms with E-state index in [2.05, 4.69) is 93.7 Å². The number of allylic oxidation sites excluding steroid dienone is 12. The van der Waals surface area contributed by atoms with Gasteiger partial charge in [-0.3, -0.25) is 14.4 Å². The van der Waals surface area contributed by atoms with Gasteiger partial charge in [-0.05, 0) is 109 Å². The third kappa shape index (κ3) is 39.3. The van der Waals surface area contributed by atoms with Gasteiger partial charge in [0.05, 0.1) is 6.61 Å². The fourth-order valence-corrected chi connectivity index (χ4v) is 8.23. The van der Waals surface area contributed by atoms with E-state index in [9.17, 15) is 34.5 Å². The minimum absolute atomic E-state index is 0.0395. The van der Waals surface area contributed by atoms with Crippen LogP contribution in [0, 0.1) is 0 Å². The van der Waals surface area contributed by atoms with Crippen molar-refractivity contribution in [3.63, 3.8) is 0 Å². The van der Waals surface area contributed by atoms with Gasteiger partial charge in [0.1, 0.15) is 18.8 Å². The van der Waals surface area contributed by atoms with Crippen LogP contribution in [0.4, 0.5) is 0 Å². The summed E-state index contributed by atoms with van der Waals surface area (Å²) in [6.07, 6.45) is 48.7. The number of unbranched alkanes of at least 4 members (excludes halogenated alkanes) is 22. The summed E-state index contributed by atoms with van der Waals surface area (Å²) in [5, 5.41) is 31.4. The summed E-state index contributed by atoms with van der Waals surface area (Å²) in [5.74, 6) is -3.17. The van der Waals surface area contributed by atoms with Gasteiger partial charge in [0.15, 0.2) is 24.6 Å². The first-order valence-corrected chi connectivity index (χ1v) is 28.9. The number of aliphatic carboxylic acids is 1. The summed E-state index contributed by atoms with van der Waals surface area (Å²) in [7, 11) is 0. The van der Waals surface area contributed by atoms with Crippen LogP contribution in [0.25, 0.3) is 0 Å². The maximum atomic E-state index is 13.1. The maximum Gasteiger partial charge on any atom is 0.335 e. The molecule has 73 heavy (non-hydrogen) atoms. The number of carbonyl (C=O) groups excluding carboxylic acids is 3. The van der Waals surface area contributed by atoms with E-state index in [0.717, 1.165) is 141 Å². The van der Waals surface area contributed by atoms with Crippen molar-refractivity contribution in [2.24, 2.45) is 0 Å². The molecule has 0 aromatic heterocycles. The first kappa shape index (κ1) is 67.2. The lowest BCUT2D eigenvalue weighted by atomic mass is 9.98. The highest BCUT2D eigenvalue weighted by Crippen LogP contribution is 2.26. The highest BCUT2D eigenvalue weighted by molar-refractivity contribution is 5.74. The van der Waals surface area contributed by atoms with Crippen LogP contribution in [0.15, 0.2) is 72.9 Å². The number of carboxylic acids is 1. The summed E-state index contributed by atoms with van der Waals surface area (Å²) >= 11 is 0. The zero-order valence-corrected chi connectivity index (χ0v) is 45.9. The van der Waals surface area contributed by atoms with Gasteiger partial charge in [-0.1, -0.05) is 184 Å². The number of esters is 3. The van der Waals surface area contributed by atoms with Gasteiger partial charge in [-0.2, -0.15) is 0 Å². The number of hydrogen-bond acceptors (Lipinski definition) is 11. The molecule has 0 aromatic carbocycles. The Morgan fingerprint density at radius 3 is 1.29 bits per heavy atom. The fourth-order valence-electron chi connectivity index (χ4n) is 8.23. The van der Waals surface area contributed by atoms with Gasteiger partial charge in [0.25, 0.3) is 0 Å². The van der Waals surface area contributed by atoms with Gasteiger partial charge in [-0.25, -0.2) is 4.79 Å². The lowest BCUT2D eigenvalue weighted by Gasteiger charge is -2.40. The third-order valence-electron chi connectivity index (χ3n) is 12.7. The standard InChI is InChI=1S/C61H102O12/c1-4-7-10-13-16-19-22-25-27-30-32-35-38-41-44-47-53(62)69-50-52(71-54(63)48-45-42-39-36-33-29-24-21-18-15-12-9-6-3)51-70-61-59(57(66)56(65)58(73-61)60(67)68)72-55(64)49-46-43-40-37-34-31-28-26-23-20-17-14-11-8-5-2/h12,15-17,19-21,24-28,52,56-59,61,65-66H,4-11,13-14,18,22-23,29-51H2,1-3H3,(H,67,68)/b15-12-,19-16-,20-17-,24-21-,27-25-,28-26-. The Kier molecular flexibility index (Phi) is 45.1. The van der Waals surface area contributed by atoms with Crippen LogP contribution in [0.5, 0.6) is 0 Å². The molecule has 1 rings (SSSR count). The van der Waals surface area contributed by atoms with Crippen LogP contribution >= 0.6 is 0 Å². The van der Waals surface area contributed by atoms with E-state index in [-0.39, 0.29) is 25.9 Å². The van der Waals surface area contributed by atoms with Crippen molar-refractivity contribution in [3.05, 3.63) is 72.9 Å². The Morgan fingerprint density at radius 2 is 0.849 bits per heavy atom. The van der Waals surface area contributed by atoms with Crippen molar-refractivity contribution in [3.8, 4) is 0 Å². The van der Waals surface area contributed by atoms with Crippen LogP contribution < -0.4 is 0 Å². The summed E-state index contributed by atoms with van der Waals surface area (Å²) in [6.45, 7) is 5.84. The molecule has 0 radical (unpaired) electrons. The second-order valence-corrected chi connectivity index (χ2v) is 19.6. The first-order valence-electron chi connectivity index (χ1n) is 28.9. The largest absolute Gasteiger partial charge is 0.479 e. The molecule has 1 saturated heterocycles. The minimum atomic E-state index is -1.91. The topological polar surface area (TPSA) is 175 Å². The zero-order valence-electron chi connectivity index (χ0n) is 45.9. The molecular formula is C61H102O12. The quantitative estimate of drug-likeness (QED) is 0.0228. The molecule has 0 spiro atoms. The van der Waals surface area contributed by atoms with Crippen LogP contribution in [0.2, 0.25) is 0 Å². The molecular weight excluding hydrogens is 925 g/mol. The third-order valence-corrected chi connectivity index (χ3v) is 12.7. The molecule has 1 aliphatic rings. The Bertz CT molecular complexity index is 1550. The van der Waals surface area contributed by atoms with Crippen molar-refractivity contribution in [2.45, 2.75) is 276 Å². The number of carboxylic acid groups (broad SMARTS) is 1. The highest BCUT2D eigenvalue weighted by atomic mass is 16.7. The normalized spacial score (nSPS) is 18.8. The van der Waals surface area contributed by atoms with Gasteiger partial charge in [0, 0.05) is 19.3 Å². The number of carbonyl (C=O) groups is 4. The first-order chi connectivity index (χ1) is 35.6. The molecule has 0 bridgehead atoms. The molecule has 1 aliphatic heterocycles. The van der Waals surface area contributed by atoms with E-state index < -0.39 is 67.3 Å². The van der Waals surface area contributed by atoms with E-state index in [1.165, 1.54) is 38.5 Å². The van der Waals surface area contributed by atoms with E-state index in [1.54, 1.807) is 0 Å². The van der Waals surface area contributed by atoms with Gasteiger partial charge in [0.2, 0.25) is 0 Å². The number of hydrogen-bond donors (Lipinski definition) is 3. The average Bonchev–Trinajstić information content (AvgIpc) is 3.37. The fraction of sp³-hybridized carbons (Fsp3) is 0.738. The molecule has 6 unspecified atom stereocenters. The van der Waals surface area contributed by atoms with Crippen molar-refractivity contribution in [1.82, 2.24) is 0 Å². The average molecular weight is 1030 g/mol. The van der Waals surface area contributed by atoms with E-state index >= 15 is 0 Å². The monoisotopic (exact) mass is 1030 g/mol. The number of aliphatic hydroxyl groups excluding tert-OH is 2. The number of rotatable bonds is 48. The van der Waals surface area contributed by atoms with Crippen molar-refractivity contribution in [1.29, 1.82) is 0 Å². The van der Waals surface area contributed by atoms with Crippen LogP contribution in [0.3, 0.4) is 0 Å². The molecule has 0 aliphatic carbocycles. The molecule has 0 aromatic rings. The predicted octanol–water partition coefficient (Wildman–Crippen LogP) is 14.6. The Balaban J connectivity index is 2.73. The maximum absolute atomic E-state index is 13.1. The summed E-state index contributed by atoms with van der Waals surface area (Å²) in [4.78, 5) is 51.0. The highest BCUT2D eigenvalue weighted by Gasteiger charge is 2.50. The zero-order chi connectivity index (χ0) is 53.3. The molecule has 1 fully saturated rings. The van der Waals surface area contributed by atoms with Gasteiger partial charge < -0.3 is 39.0 Å². The molecule has 12 heteroatoms. The Hall–Kier alpha value is -3.84. The van der Waals surface area contributed by atoms with E-state index in [1.807, 2.05) is 0 Å². The predicted molar refractivity (Wildman–Crippen MR) is 294 cm³/mol. The molecule has 418 valence electrons. The van der Waals surface area contributed by atoms with Crippen molar-refractivity contribution >= 4 is 23.9 Å². The van der Waals surface area contributed by atoms with Crippen LogP contribution in [0.1, 0.15) is 239 Å². The lowest BCUT2D eigenvalue weighted by Crippen LogP contribution is -2.61. The van der Waals surface area contributed by atoms with E-state index in [4.69, 9.17) is 23.7 Å². The second-order valence-electron chi connectivity index (χ2n) is 19.6. The molecule has 0 saturated carbocycles. The van der Waals surface area contributed by atoms with Gasteiger partial charge >= 0.3 is 23.9 Å². The van der Waals surface area contributed by atoms with Crippen LogP contribution in [-0.2, 0) is 42.9 Å². The van der Waals surface area contributed by atoms with Crippen molar-refractivity contribution < 1.29 is 58.2 Å². The number of aliphatic hydroxyl groups is 2. The Labute approximate surface area is 442 Å². The Morgan fingerprint density at radius 1 is 0.452 bits per heavy atom. The second kappa shape index (κ2) is 49.1. The molecule has 6 atom stereocenters. The summed E-state index contributed by atoms with van der Waals surface area (Å²) < 4.78 is 28.4. The molecule has 3 N–H and O–H groups in total. The molecule has 1 heterocycles.